The SMILES string of the molecule is Cc1cc(Cl)nc(NC(=O)c2cc(O)[nH]c(=O)c2)n1. The zero-order valence-corrected chi connectivity index (χ0v) is 10.5. The number of aromatic nitrogens is 3. The summed E-state index contributed by atoms with van der Waals surface area (Å²) in [5.41, 5.74) is -0.0140. The average Bonchev–Trinajstić information content (AvgIpc) is 2.25. The second-order valence-corrected chi connectivity index (χ2v) is 4.12. The van der Waals surface area contributed by atoms with Crippen LogP contribution in [0.3, 0.4) is 0 Å². The largest absolute Gasteiger partial charge is 0.494 e. The number of hydrogen-bond acceptors (Lipinski definition) is 5. The van der Waals surface area contributed by atoms with Crippen molar-refractivity contribution in [3.8, 4) is 5.88 Å². The number of pyridine rings is 1. The summed E-state index contributed by atoms with van der Waals surface area (Å²) in [7, 11) is 0. The Bertz CT molecular complexity index is 678. The van der Waals surface area contributed by atoms with Crippen LogP contribution in [0.5, 0.6) is 5.88 Å². The lowest BCUT2D eigenvalue weighted by Crippen LogP contribution is -2.17. The van der Waals surface area contributed by atoms with Gasteiger partial charge in [-0.25, -0.2) is 9.97 Å². The second-order valence-electron chi connectivity index (χ2n) is 3.73. The Labute approximate surface area is 112 Å². The van der Waals surface area contributed by atoms with E-state index in [2.05, 4.69) is 20.3 Å². The van der Waals surface area contributed by atoms with Gasteiger partial charge in [0.1, 0.15) is 5.15 Å². The minimum atomic E-state index is -0.622. The molecule has 1 amide bonds. The highest BCUT2D eigenvalue weighted by atomic mass is 35.5. The summed E-state index contributed by atoms with van der Waals surface area (Å²) in [5.74, 6) is -1.00. The number of aromatic amines is 1. The molecule has 19 heavy (non-hydrogen) atoms. The first kappa shape index (κ1) is 13.0. The van der Waals surface area contributed by atoms with Gasteiger partial charge >= 0.3 is 0 Å². The van der Waals surface area contributed by atoms with Gasteiger partial charge in [-0.3, -0.25) is 19.9 Å². The van der Waals surface area contributed by atoms with E-state index >= 15 is 0 Å². The molecule has 2 aromatic heterocycles. The molecule has 0 bridgehead atoms. The third-order valence-corrected chi connectivity index (χ3v) is 2.33. The van der Waals surface area contributed by atoms with Gasteiger partial charge in [-0.15, -0.1) is 0 Å². The van der Waals surface area contributed by atoms with Crippen molar-refractivity contribution < 1.29 is 9.90 Å². The molecule has 2 aromatic rings. The summed E-state index contributed by atoms with van der Waals surface area (Å²) in [4.78, 5) is 32.9. The number of rotatable bonds is 2. The van der Waals surface area contributed by atoms with Crippen molar-refractivity contribution in [3.63, 3.8) is 0 Å². The smallest absolute Gasteiger partial charge is 0.258 e. The van der Waals surface area contributed by atoms with Crippen LogP contribution in [-0.4, -0.2) is 26.0 Å². The summed E-state index contributed by atoms with van der Waals surface area (Å²) >= 11 is 5.73. The molecule has 2 heterocycles. The normalized spacial score (nSPS) is 10.2. The monoisotopic (exact) mass is 280 g/mol. The van der Waals surface area contributed by atoms with E-state index in [1.54, 1.807) is 6.92 Å². The number of carbonyl (C=O) groups is 1. The summed E-state index contributed by atoms with van der Waals surface area (Å²) < 4.78 is 0. The first-order chi connectivity index (χ1) is 8.94. The van der Waals surface area contributed by atoms with Crippen LogP contribution in [0.4, 0.5) is 5.95 Å². The number of anilines is 1. The van der Waals surface area contributed by atoms with Gasteiger partial charge < -0.3 is 5.11 Å². The molecule has 3 N–H and O–H groups in total. The summed E-state index contributed by atoms with van der Waals surface area (Å²) in [6, 6.07) is 3.71. The molecule has 0 saturated carbocycles. The van der Waals surface area contributed by atoms with Crippen LogP contribution in [0.1, 0.15) is 16.1 Å². The molecule has 0 atom stereocenters. The number of aromatic hydroxyl groups is 1. The van der Waals surface area contributed by atoms with Crippen LogP contribution in [0.15, 0.2) is 23.0 Å². The highest BCUT2D eigenvalue weighted by Crippen LogP contribution is 2.11. The Hall–Kier alpha value is -2.41. The molecule has 0 saturated heterocycles. The van der Waals surface area contributed by atoms with E-state index in [-0.39, 0.29) is 16.7 Å². The first-order valence-corrected chi connectivity index (χ1v) is 5.58. The Morgan fingerprint density at radius 1 is 1.37 bits per heavy atom. The third-order valence-electron chi connectivity index (χ3n) is 2.14. The zero-order valence-electron chi connectivity index (χ0n) is 9.77. The third kappa shape index (κ3) is 3.29. The Morgan fingerprint density at radius 2 is 2.11 bits per heavy atom. The van der Waals surface area contributed by atoms with Crippen molar-refractivity contribution in [1.82, 2.24) is 15.0 Å². The van der Waals surface area contributed by atoms with Crippen molar-refractivity contribution in [1.29, 1.82) is 0 Å². The quantitative estimate of drug-likeness (QED) is 0.714. The van der Waals surface area contributed by atoms with Crippen LogP contribution >= 0.6 is 11.6 Å². The Kier molecular flexibility index (Phi) is 3.48. The number of amides is 1. The Balaban J connectivity index is 2.27. The molecule has 0 unspecified atom stereocenters. The van der Waals surface area contributed by atoms with Crippen molar-refractivity contribution in [2.45, 2.75) is 6.92 Å². The maximum Gasteiger partial charge on any atom is 0.258 e. The number of hydrogen-bond donors (Lipinski definition) is 3. The predicted molar refractivity (Wildman–Crippen MR) is 68.5 cm³/mol. The highest BCUT2D eigenvalue weighted by molar-refractivity contribution is 6.29. The summed E-state index contributed by atoms with van der Waals surface area (Å²) in [6.45, 7) is 1.70. The van der Waals surface area contributed by atoms with E-state index in [1.807, 2.05) is 0 Å². The molecule has 0 aliphatic rings. The number of nitrogens with zero attached hydrogens (tertiary/aromatic N) is 2. The molecule has 0 aliphatic heterocycles. The fraction of sp³-hybridized carbons (Fsp3) is 0.0909. The minimum absolute atomic E-state index is 0.0116. The van der Waals surface area contributed by atoms with Crippen LogP contribution in [0.2, 0.25) is 5.15 Å². The lowest BCUT2D eigenvalue weighted by atomic mass is 10.2. The molecule has 0 fully saturated rings. The van der Waals surface area contributed by atoms with E-state index < -0.39 is 17.3 Å². The molecule has 2 rings (SSSR count). The molecule has 0 aliphatic carbocycles. The molecule has 0 spiro atoms. The van der Waals surface area contributed by atoms with Crippen molar-refractivity contribution in [3.05, 3.63) is 45.0 Å². The van der Waals surface area contributed by atoms with Gasteiger partial charge in [-0.05, 0) is 13.0 Å². The van der Waals surface area contributed by atoms with Crippen LogP contribution in [0.25, 0.3) is 0 Å². The lowest BCUT2D eigenvalue weighted by molar-refractivity contribution is 0.102. The molecule has 0 aromatic carbocycles. The van der Waals surface area contributed by atoms with Crippen LogP contribution < -0.4 is 10.9 Å². The Morgan fingerprint density at radius 3 is 2.74 bits per heavy atom. The van der Waals surface area contributed by atoms with Crippen LogP contribution in [0, 0.1) is 6.92 Å². The predicted octanol–water partition coefficient (Wildman–Crippen LogP) is 1.08. The maximum absolute atomic E-state index is 11.8. The number of carbonyl (C=O) groups excluding carboxylic acids is 1. The fourth-order valence-corrected chi connectivity index (χ4v) is 1.66. The van der Waals surface area contributed by atoms with E-state index in [9.17, 15) is 14.7 Å². The second kappa shape index (κ2) is 5.07. The van der Waals surface area contributed by atoms with Gasteiger partial charge in [-0.2, -0.15) is 0 Å². The average molecular weight is 281 g/mol. The fourth-order valence-electron chi connectivity index (χ4n) is 1.42. The van der Waals surface area contributed by atoms with E-state index in [0.717, 1.165) is 12.1 Å². The zero-order chi connectivity index (χ0) is 14.0. The van der Waals surface area contributed by atoms with Gasteiger partial charge in [0.25, 0.3) is 11.5 Å². The standard InChI is InChI=1S/C11H9ClN4O3/c1-5-2-7(12)14-11(13-5)16-10(19)6-3-8(17)15-9(18)4-6/h2-4H,1H3,(H2,15,17,18)(H,13,14,16,19). The van der Waals surface area contributed by atoms with Gasteiger partial charge in [0.05, 0.1) is 5.56 Å². The van der Waals surface area contributed by atoms with E-state index in [0.29, 0.717) is 5.69 Å². The van der Waals surface area contributed by atoms with Gasteiger partial charge in [0.15, 0.2) is 5.88 Å². The van der Waals surface area contributed by atoms with Crippen LogP contribution in [-0.2, 0) is 0 Å². The summed E-state index contributed by atoms with van der Waals surface area (Å²) in [5, 5.41) is 11.8. The van der Waals surface area contributed by atoms with Crippen molar-refractivity contribution in [2.75, 3.05) is 5.32 Å². The molecular weight excluding hydrogens is 272 g/mol. The van der Waals surface area contributed by atoms with E-state index in [4.69, 9.17) is 11.6 Å². The molecule has 7 nitrogen and oxygen atoms in total. The number of H-pyrrole nitrogens is 1. The summed E-state index contributed by atoms with van der Waals surface area (Å²) in [6.07, 6.45) is 0. The van der Waals surface area contributed by atoms with Crippen molar-refractivity contribution >= 4 is 23.5 Å². The van der Waals surface area contributed by atoms with Gasteiger partial charge in [0.2, 0.25) is 5.95 Å². The van der Waals surface area contributed by atoms with Crippen molar-refractivity contribution in [2.24, 2.45) is 0 Å². The minimum Gasteiger partial charge on any atom is -0.494 e. The molecular formula is C11H9ClN4O3. The van der Waals surface area contributed by atoms with Gasteiger partial charge in [0, 0.05) is 17.8 Å². The number of nitrogens with one attached hydrogen (secondary N) is 2. The molecule has 0 radical (unpaired) electrons. The molecule has 98 valence electrons. The number of halogens is 1. The first-order valence-electron chi connectivity index (χ1n) is 5.20. The lowest BCUT2D eigenvalue weighted by Gasteiger charge is -2.05. The maximum atomic E-state index is 11.8. The van der Waals surface area contributed by atoms with Gasteiger partial charge in [-0.1, -0.05) is 11.6 Å². The molecule has 8 heteroatoms. The number of aryl methyl sites for hydroxylation is 1. The topological polar surface area (TPSA) is 108 Å². The highest BCUT2D eigenvalue weighted by Gasteiger charge is 2.10. The van der Waals surface area contributed by atoms with E-state index in [1.165, 1.54) is 6.07 Å².